The Morgan fingerprint density at radius 3 is 2.68 bits per heavy atom. The predicted octanol–water partition coefficient (Wildman–Crippen LogP) is 1.35. The van der Waals surface area contributed by atoms with Crippen LogP contribution in [0.5, 0.6) is 0 Å². The van der Waals surface area contributed by atoms with Gasteiger partial charge in [0.05, 0.1) is 6.61 Å². The van der Waals surface area contributed by atoms with Gasteiger partial charge in [-0.1, -0.05) is 23.7 Å². The van der Waals surface area contributed by atoms with Crippen LogP contribution in [-0.2, 0) is 16.1 Å². The van der Waals surface area contributed by atoms with Gasteiger partial charge in [0, 0.05) is 44.9 Å². The lowest BCUT2D eigenvalue weighted by Crippen LogP contribution is -2.47. The molecule has 0 bridgehead atoms. The van der Waals surface area contributed by atoms with Gasteiger partial charge in [0.15, 0.2) is 0 Å². The molecule has 0 aliphatic carbocycles. The topological polar surface area (TPSA) is 58.8 Å². The van der Waals surface area contributed by atoms with Crippen molar-refractivity contribution in [3.8, 4) is 0 Å². The van der Waals surface area contributed by atoms with E-state index in [1.807, 2.05) is 29.2 Å². The average Bonchev–Trinajstić information content (AvgIpc) is 2.75. The number of ether oxygens (including phenoxy) is 1. The summed E-state index contributed by atoms with van der Waals surface area (Å²) in [4.78, 5) is 16.4. The van der Waals surface area contributed by atoms with Crippen molar-refractivity contribution in [3.63, 3.8) is 0 Å². The van der Waals surface area contributed by atoms with Gasteiger partial charge in [-0.2, -0.15) is 0 Å². The molecule has 6 heteroatoms. The van der Waals surface area contributed by atoms with Crippen LogP contribution >= 0.6 is 11.6 Å². The fourth-order valence-corrected chi connectivity index (χ4v) is 2.81. The second kappa shape index (κ2) is 8.48. The molecule has 1 aliphatic heterocycles. The van der Waals surface area contributed by atoms with Crippen molar-refractivity contribution in [3.05, 3.63) is 34.9 Å². The number of methoxy groups -OCH3 is 1. The summed E-state index contributed by atoms with van der Waals surface area (Å²) in [7, 11) is 1.56. The highest BCUT2D eigenvalue weighted by molar-refractivity contribution is 6.30. The van der Waals surface area contributed by atoms with E-state index in [9.17, 15) is 4.79 Å². The average molecular weight is 326 g/mol. The van der Waals surface area contributed by atoms with E-state index in [2.05, 4.69) is 4.90 Å². The Bertz CT molecular complexity index is 481. The summed E-state index contributed by atoms with van der Waals surface area (Å²) >= 11 is 5.91. The maximum Gasteiger partial charge on any atom is 0.241 e. The number of nitrogens with two attached hydrogens (primary N) is 1. The molecule has 2 rings (SSSR count). The number of benzene rings is 1. The summed E-state index contributed by atoms with van der Waals surface area (Å²) < 4.78 is 4.96. The van der Waals surface area contributed by atoms with E-state index in [-0.39, 0.29) is 12.5 Å². The fourth-order valence-electron chi connectivity index (χ4n) is 2.68. The zero-order chi connectivity index (χ0) is 15.9. The zero-order valence-electron chi connectivity index (χ0n) is 13.0. The third-order valence-electron chi connectivity index (χ3n) is 3.88. The van der Waals surface area contributed by atoms with E-state index in [0.717, 1.165) is 37.6 Å². The molecular formula is C16H24ClN3O2. The number of carbonyl (C=O) groups excluding carboxylic acids is 1. The van der Waals surface area contributed by atoms with Crippen LogP contribution in [0.25, 0.3) is 0 Å². The van der Waals surface area contributed by atoms with Crippen LogP contribution in [0, 0.1) is 0 Å². The first-order valence-corrected chi connectivity index (χ1v) is 7.98. The molecule has 122 valence electrons. The Morgan fingerprint density at radius 1 is 1.27 bits per heavy atom. The summed E-state index contributed by atoms with van der Waals surface area (Å²) in [6.45, 7) is 4.45. The summed E-state index contributed by atoms with van der Waals surface area (Å²) in [6, 6.07) is 7.35. The van der Waals surface area contributed by atoms with Crippen LogP contribution in [0.4, 0.5) is 0 Å². The molecule has 1 unspecified atom stereocenters. The normalized spacial score (nSPS) is 18.0. The Kier molecular flexibility index (Phi) is 6.64. The number of amides is 1. The van der Waals surface area contributed by atoms with Gasteiger partial charge < -0.3 is 15.4 Å². The highest BCUT2D eigenvalue weighted by Gasteiger charge is 2.23. The smallest absolute Gasteiger partial charge is 0.241 e. The number of rotatable bonds is 5. The highest BCUT2D eigenvalue weighted by Crippen LogP contribution is 2.13. The minimum atomic E-state index is -0.562. The van der Waals surface area contributed by atoms with Gasteiger partial charge in [0.1, 0.15) is 6.04 Å². The molecule has 1 aliphatic rings. The molecule has 1 aromatic rings. The van der Waals surface area contributed by atoms with E-state index < -0.39 is 6.04 Å². The first-order chi connectivity index (χ1) is 10.6. The molecule has 0 spiro atoms. The van der Waals surface area contributed by atoms with Crippen LogP contribution in [0.15, 0.2) is 24.3 Å². The lowest BCUT2D eigenvalue weighted by atomic mass is 10.2. The lowest BCUT2D eigenvalue weighted by Gasteiger charge is -2.24. The van der Waals surface area contributed by atoms with Gasteiger partial charge in [-0.3, -0.25) is 9.69 Å². The fraction of sp³-hybridized carbons (Fsp3) is 0.562. The molecule has 0 saturated carbocycles. The van der Waals surface area contributed by atoms with E-state index >= 15 is 0 Å². The van der Waals surface area contributed by atoms with Gasteiger partial charge in [-0.15, -0.1) is 0 Å². The Balaban J connectivity index is 1.86. The second-order valence-corrected chi connectivity index (χ2v) is 6.08. The van der Waals surface area contributed by atoms with E-state index in [1.54, 1.807) is 7.11 Å². The first kappa shape index (κ1) is 17.2. The Labute approximate surface area is 137 Å². The second-order valence-electron chi connectivity index (χ2n) is 5.64. The van der Waals surface area contributed by atoms with Crippen molar-refractivity contribution < 1.29 is 9.53 Å². The zero-order valence-corrected chi connectivity index (χ0v) is 13.8. The minimum absolute atomic E-state index is 0.0183. The molecule has 1 saturated heterocycles. The Morgan fingerprint density at radius 2 is 2.00 bits per heavy atom. The van der Waals surface area contributed by atoms with Crippen LogP contribution in [0.1, 0.15) is 12.0 Å². The van der Waals surface area contributed by atoms with Crippen molar-refractivity contribution in [2.75, 3.05) is 39.9 Å². The van der Waals surface area contributed by atoms with E-state index in [0.29, 0.717) is 6.54 Å². The van der Waals surface area contributed by atoms with Gasteiger partial charge >= 0.3 is 0 Å². The summed E-state index contributed by atoms with van der Waals surface area (Å²) in [5.74, 6) is -0.0183. The van der Waals surface area contributed by atoms with E-state index in [4.69, 9.17) is 22.1 Å². The maximum atomic E-state index is 12.2. The van der Waals surface area contributed by atoms with Crippen LogP contribution in [-0.4, -0.2) is 61.6 Å². The van der Waals surface area contributed by atoms with Crippen LogP contribution < -0.4 is 5.73 Å². The lowest BCUT2D eigenvalue weighted by molar-refractivity contribution is -0.133. The molecule has 2 N–H and O–H groups in total. The van der Waals surface area contributed by atoms with Gasteiger partial charge in [-0.25, -0.2) is 0 Å². The monoisotopic (exact) mass is 325 g/mol. The highest BCUT2D eigenvalue weighted by atomic mass is 35.5. The summed E-state index contributed by atoms with van der Waals surface area (Å²) in [6.07, 6.45) is 0.957. The van der Waals surface area contributed by atoms with Crippen molar-refractivity contribution in [2.45, 2.75) is 19.0 Å². The van der Waals surface area contributed by atoms with Crippen molar-refractivity contribution in [1.82, 2.24) is 9.80 Å². The molecule has 0 aromatic heterocycles. The largest absolute Gasteiger partial charge is 0.383 e. The number of hydrogen-bond acceptors (Lipinski definition) is 4. The molecular weight excluding hydrogens is 302 g/mol. The molecule has 1 amide bonds. The van der Waals surface area contributed by atoms with Crippen molar-refractivity contribution in [1.29, 1.82) is 0 Å². The van der Waals surface area contributed by atoms with Crippen LogP contribution in [0.2, 0.25) is 5.02 Å². The number of nitrogens with zero attached hydrogens (tertiary/aromatic N) is 2. The van der Waals surface area contributed by atoms with Crippen molar-refractivity contribution in [2.24, 2.45) is 5.73 Å². The molecule has 22 heavy (non-hydrogen) atoms. The third-order valence-corrected chi connectivity index (χ3v) is 4.14. The third kappa shape index (κ3) is 4.95. The summed E-state index contributed by atoms with van der Waals surface area (Å²) in [5.41, 5.74) is 7.08. The van der Waals surface area contributed by atoms with Gasteiger partial charge in [0.2, 0.25) is 5.91 Å². The number of carbonyl (C=O) groups is 1. The minimum Gasteiger partial charge on any atom is -0.383 e. The van der Waals surface area contributed by atoms with E-state index in [1.165, 1.54) is 5.56 Å². The quantitative estimate of drug-likeness (QED) is 0.888. The SMILES string of the molecule is COCC(N)C(=O)N1CCCN(Cc2ccc(Cl)cc2)CC1. The van der Waals surface area contributed by atoms with Crippen LogP contribution in [0.3, 0.4) is 0 Å². The predicted molar refractivity (Wildman–Crippen MR) is 87.8 cm³/mol. The standard InChI is InChI=1S/C16H24ClN3O2/c1-22-12-15(18)16(21)20-8-2-7-19(9-10-20)11-13-3-5-14(17)6-4-13/h3-6,15H,2,7-12,18H2,1H3. The summed E-state index contributed by atoms with van der Waals surface area (Å²) in [5, 5.41) is 0.753. The van der Waals surface area contributed by atoms with Gasteiger partial charge in [0.25, 0.3) is 0 Å². The van der Waals surface area contributed by atoms with Gasteiger partial charge in [-0.05, 0) is 24.1 Å². The molecule has 5 nitrogen and oxygen atoms in total. The number of halogens is 1. The molecule has 1 heterocycles. The Hall–Kier alpha value is -1.14. The number of hydrogen-bond donors (Lipinski definition) is 1. The first-order valence-electron chi connectivity index (χ1n) is 7.60. The molecule has 1 aromatic carbocycles. The molecule has 1 fully saturated rings. The molecule has 0 radical (unpaired) electrons. The molecule has 1 atom stereocenters. The van der Waals surface area contributed by atoms with Crippen molar-refractivity contribution >= 4 is 17.5 Å². The maximum absolute atomic E-state index is 12.2.